The molecule has 0 amide bonds. The predicted octanol–water partition coefficient (Wildman–Crippen LogP) is 7.69. The van der Waals surface area contributed by atoms with Crippen molar-refractivity contribution in [1.29, 1.82) is 5.26 Å². The number of allylic oxidation sites excluding steroid dienone is 1. The molecule has 1 aliphatic rings. The Labute approximate surface area is 261 Å². The largest absolute Gasteiger partial charge is 0.493 e. The number of hydrogen-bond acceptors (Lipinski definition) is 8. The zero-order chi connectivity index (χ0) is 31.8. The molecule has 0 saturated heterocycles. The van der Waals surface area contributed by atoms with Gasteiger partial charge < -0.3 is 29.1 Å². The number of nitriles is 1. The molecule has 8 heteroatoms. The summed E-state index contributed by atoms with van der Waals surface area (Å²) < 4.78 is 29.2. The van der Waals surface area contributed by atoms with E-state index in [-0.39, 0.29) is 23.0 Å². The zero-order valence-corrected chi connectivity index (χ0v) is 25.7. The number of aryl methyl sites for hydroxylation is 4. The Balaban J connectivity index is 1.28. The van der Waals surface area contributed by atoms with Gasteiger partial charge in [-0.1, -0.05) is 42.0 Å². The number of furan rings is 1. The molecule has 0 aliphatic carbocycles. The number of nitrogens with two attached hydrogens (primary N) is 1. The third kappa shape index (κ3) is 5.56. The van der Waals surface area contributed by atoms with Crippen molar-refractivity contribution in [3.63, 3.8) is 0 Å². The molecular weight excluding hydrogens is 568 g/mol. The maximum atomic E-state index is 13.2. The Morgan fingerprint density at radius 2 is 1.69 bits per heavy atom. The van der Waals surface area contributed by atoms with Gasteiger partial charge in [0.2, 0.25) is 11.6 Å². The number of carbonyl (C=O) groups excluding carboxylic acids is 1. The molecule has 45 heavy (non-hydrogen) atoms. The molecular formula is C37H32N2O6. The molecule has 1 aromatic heterocycles. The standard InChI is InChI=1S/C37H32N2O6/c1-20-6-8-24(9-7-20)19-42-30-13-10-25(16-33(30)41-5)34-27-12-11-26(17-32(27)45-36(39)29(34)18-38)43-37(40)35-23(4)28-14-21(2)22(3)15-31(28)44-35/h6-17,34H,19,39H2,1-5H3. The minimum Gasteiger partial charge on any atom is -0.493 e. The van der Waals surface area contributed by atoms with Crippen LogP contribution in [0.5, 0.6) is 23.0 Å². The van der Waals surface area contributed by atoms with Crippen molar-refractivity contribution in [2.45, 2.75) is 40.2 Å². The topological polar surface area (TPSA) is 117 Å². The quantitative estimate of drug-likeness (QED) is 0.149. The number of methoxy groups -OCH3 is 1. The van der Waals surface area contributed by atoms with Gasteiger partial charge in [-0.25, -0.2) is 4.79 Å². The van der Waals surface area contributed by atoms with Gasteiger partial charge in [0, 0.05) is 22.6 Å². The summed E-state index contributed by atoms with van der Waals surface area (Å²) in [5.74, 6) is 0.624. The van der Waals surface area contributed by atoms with Crippen LogP contribution in [0.15, 0.2) is 88.7 Å². The maximum absolute atomic E-state index is 13.2. The van der Waals surface area contributed by atoms with E-state index in [2.05, 4.69) is 6.07 Å². The van der Waals surface area contributed by atoms with Crippen LogP contribution in [0.2, 0.25) is 0 Å². The van der Waals surface area contributed by atoms with Crippen molar-refractivity contribution in [1.82, 2.24) is 0 Å². The van der Waals surface area contributed by atoms with Crippen molar-refractivity contribution < 1.29 is 28.2 Å². The molecule has 1 unspecified atom stereocenters. The van der Waals surface area contributed by atoms with Crippen LogP contribution in [0.3, 0.4) is 0 Å². The van der Waals surface area contributed by atoms with Gasteiger partial charge in [-0.3, -0.25) is 0 Å². The molecule has 0 spiro atoms. The molecule has 2 heterocycles. The highest BCUT2D eigenvalue weighted by Gasteiger charge is 2.32. The fraction of sp³-hybridized carbons (Fsp3) is 0.189. The van der Waals surface area contributed by atoms with Crippen LogP contribution in [-0.4, -0.2) is 13.1 Å². The first-order valence-electron chi connectivity index (χ1n) is 14.5. The second-order valence-corrected chi connectivity index (χ2v) is 11.2. The van der Waals surface area contributed by atoms with Crippen LogP contribution in [0, 0.1) is 39.0 Å². The smallest absolute Gasteiger partial charge is 0.379 e. The highest BCUT2D eigenvalue weighted by molar-refractivity contribution is 5.97. The van der Waals surface area contributed by atoms with Crippen LogP contribution < -0.4 is 24.7 Å². The predicted molar refractivity (Wildman–Crippen MR) is 170 cm³/mol. The van der Waals surface area contributed by atoms with E-state index >= 15 is 0 Å². The molecule has 0 bridgehead atoms. The lowest BCUT2D eigenvalue weighted by molar-refractivity contribution is 0.0702. The average molecular weight is 601 g/mol. The van der Waals surface area contributed by atoms with Gasteiger partial charge in [0.15, 0.2) is 11.5 Å². The third-order valence-corrected chi connectivity index (χ3v) is 8.17. The average Bonchev–Trinajstić information content (AvgIpc) is 3.34. The minimum atomic E-state index is -0.626. The summed E-state index contributed by atoms with van der Waals surface area (Å²) in [6, 6.07) is 24.8. The van der Waals surface area contributed by atoms with Crippen LogP contribution in [-0.2, 0) is 6.61 Å². The van der Waals surface area contributed by atoms with Gasteiger partial charge in [-0.2, -0.15) is 5.26 Å². The lowest BCUT2D eigenvalue weighted by Gasteiger charge is -2.27. The molecule has 1 aliphatic heterocycles. The van der Waals surface area contributed by atoms with Gasteiger partial charge >= 0.3 is 5.97 Å². The van der Waals surface area contributed by atoms with E-state index in [0.29, 0.717) is 40.6 Å². The van der Waals surface area contributed by atoms with E-state index in [1.165, 1.54) is 5.56 Å². The molecule has 1 atom stereocenters. The molecule has 0 fully saturated rings. The van der Waals surface area contributed by atoms with E-state index in [1.54, 1.807) is 25.3 Å². The van der Waals surface area contributed by atoms with Gasteiger partial charge in [0.25, 0.3) is 0 Å². The number of rotatable bonds is 7. The SMILES string of the molecule is COc1cc(C2C(C#N)=C(N)Oc3cc(OC(=O)c4oc5cc(C)c(C)cc5c4C)ccc32)ccc1OCc1ccc(C)cc1. The maximum Gasteiger partial charge on any atom is 0.379 e. The normalized spacial score (nSPS) is 14.0. The van der Waals surface area contributed by atoms with Crippen molar-refractivity contribution in [3.05, 3.63) is 129 Å². The van der Waals surface area contributed by atoms with Crippen molar-refractivity contribution in [3.8, 4) is 29.1 Å². The zero-order valence-electron chi connectivity index (χ0n) is 25.7. The number of benzene rings is 4. The fourth-order valence-electron chi connectivity index (χ4n) is 5.49. The lowest BCUT2D eigenvalue weighted by atomic mass is 9.83. The van der Waals surface area contributed by atoms with Gasteiger partial charge in [-0.05, 0) is 80.3 Å². The van der Waals surface area contributed by atoms with E-state index in [1.807, 2.05) is 82.3 Å². The summed E-state index contributed by atoms with van der Waals surface area (Å²) in [5, 5.41) is 10.9. The Bertz CT molecular complexity index is 2030. The number of nitrogens with zero attached hydrogens (tertiary/aromatic N) is 1. The van der Waals surface area contributed by atoms with Crippen LogP contribution >= 0.6 is 0 Å². The third-order valence-electron chi connectivity index (χ3n) is 8.17. The summed E-state index contributed by atoms with van der Waals surface area (Å²) >= 11 is 0. The number of esters is 1. The number of hydrogen-bond donors (Lipinski definition) is 1. The van der Waals surface area contributed by atoms with Crippen molar-refractivity contribution in [2.75, 3.05) is 7.11 Å². The summed E-state index contributed by atoms with van der Waals surface area (Å²) in [6.45, 7) is 8.26. The fourth-order valence-corrected chi connectivity index (χ4v) is 5.49. The molecule has 8 nitrogen and oxygen atoms in total. The van der Waals surface area contributed by atoms with Crippen LogP contribution in [0.1, 0.15) is 55.4 Å². The second kappa shape index (κ2) is 11.8. The monoisotopic (exact) mass is 600 g/mol. The Kier molecular flexibility index (Phi) is 7.69. The summed E-state index contributed by atoms with van der Waals surface area (Å²) in [6.07, 6.45) is 0. The molecule has 2 N–H and O–H groups in total. The number of fused-ring (bicyclic) bond motifs is 2. The highest BCUT2D eigenvalue weighted by atomic mass is 16.5. The highest BCUT2D eigenvalue weighted by Crippen LogP contribution is 2.45. The minimum absolute atomic E-state index is 0.0315. The van der Waals surface area contributed by atoms with E-state index in [4.69, 9.17) is 29.1 Å². The van der Waals surface area contributed by atoms with E-state index in [9.17, 15) is 10.1 Å². The first kappa shape index (κ1) is 29.4. The molecule has 5 aromatic rings. The van der Waals surface area contributed by atoms with E-state index < -0.39 is 11.9 Å². The summed E-state index contributed by atoms with van der Waals surface area (Å²) in [5.41, 5.74) is 13.7. The van der Waals surface area contributed by atoms with Crippen molar-refractivity contribution >= 4 is 16.9 Å². The Hall–Kier alpha value is -5.68. The molecule has 0 saturated carbocycles. The Morgan fingerprint density at radius 1 is 0.933 bits per heavy atom. The second-order valence-electron chi connectivity index (χ2n) is 11.2. The molecule has 0 radical (unpaired) electrons. The first-order chi connectivity index (χ1) is 21.7. The number of ether oxygens (including phenoxy) is 4. The molecule has 226 valence electrons. The van der Waals surface area contributed by atoms with Crippen LogP contribution in [0.25, 0.3) is 11.0 Å². The van der Waals surface area contributed by atoms with Gasteiger partial charge in [0.05, 0.1) is 13.0 Å². The van der Waals surface area contributed by atoms with Gasteiger partial charge in [-0.15, -0.1) is 0 Å². The first-order valence-corrected chi connectivity index (χ1v) is 14.5. The van der Waals surface area contributed by atoms with Crippen molar-refractivity contribution in [2.24, 2.45) is 5.73 Å². The van der Waals surface area contributed by atoms with E-state index in [0.717, 1.165) is 27.6 Å². The molecule has 6 rings (SSSR count). The summed E-state index contributed by atoms with van der Waals surface area (Å²) in [4.78, 5) is 13.2. The summed E-state index contributed by atoms with van der Waals surface area (Å²) in [7, 11) is 1.57. The number of carbonyl (C=O) groups is 1. The lowest BCUT2D eigenvalue weighted by Crippen LogP contribution is -2.21. The Morgan fingerprint density at radius 3 is 2.42 bits per heavy atom. The molecule has 4 aromatic carbocycles. The van der Waals surface area contributed by atoms with Crippen LogP contribution in [0.4, 0.5) is 0 Å². The van der Waals surface area contributed by atoms with Gasteiger partial charge in [0.1, 0.15) is 35.3 Å².